The molecule has 0 aliphatic heterocycles. The van der Waals surface area contributed by atoms with Crippen LogP contribution in [0.1, 0.15) is 32.6 Å². The van der Waals surface area contributed by atoms with Crippen LogP contribution >= 0.6 is 0 Å². The minimum absolute atomic E-state index is 0.778. The normalized spacial score (nSPS) is 13.7. The first kappa shape index (κ1) is 27.4. The zero-order valence-electron chi connectivity index (χ0n) is 14.4. The average Bonchev–Trinajstić information content (AvgIpc) is 2.41. The first-order valence-corrected chi connectivity index (χ1v) is 10.0. The van der Waals surface area contributed by atoms with Crippen LogP contribution in [0.25, 0.3) is 4.13 Å². The zero-order chi connectivity index (χ0) is 21.4. The van der Waals surface area contributed by atoms with E-state index in [-0.39, 0.29) is 0 Å². The number of unbranched alkanes of at least 4 members (excludes halogenated alkanes) is 3. The number of hydrogen-bond acceptors (Lipinski definition) is 4. The molecule has 0 aliphatic rings. The van der Waals surface area contributed by atoms with Crippen molar-refractivity contribution in [3.63, 3.8) is 0 Å². The van der Waals surface area contributed by atoms with Gasteiger partial charge in [0.05, 0.1) is 26.8 Å². The summed E-state index contributed by atoms with van der Waals surface area (Å²) in [5.41, 5.74) is -12.4. The molecule has 0 N–H and O–H groups in total. The quantitative estimate of drug-likeness (QED) is 0.329. The van der Waals surface area contributed by atoms with Crippen LogP contribution in [0, 0.1) is 0 Å². The van der Waals surface area contributed by atoms with E-state index in [1.807, 2.05) is 6.20 Å². The molecule has 0 radical (unpaired) electrons. The van der Waals surface area contributed by atoms with Gasteiger partial charge in [-0.15, -0.1) is 0 Å². The molecule has 0 amide bonds. The monoisotopic (exact) mass is 436 g/mol. The molecule has 0 rings (SSSR count). The van der Waals surface area contributed by atoms with Gasteiger partial charge in [-0.3, -0.25) is 0 Å². The predicted octanol–water partition coefficient (Wildman–Crippen LogP) is 3.85. The summed E-state index contributed by atoms with van der Waals surface area (Å²) < 4.78 is 110. The highest BCUT2D eigenvalue weighted by atomic mass is 32.3. The third-order valence-electron chi connectivity index (χ3n) is 2.86. The lowest BCUT2D eigenvalue weighted by molar-refractivity contribution is -0.838. The van der Waals surface area contributed by atoms with Crippen LogP contribution in [0.15, 0.2) is 12.8 Å². The van der Waals surface area contributed by atoms with Crippen molar-refractivity contribution in [1.82, 2.24) is 0 Å². The van der Waals surface area contributed by atoms with Gasteiger partial charge in [-0.1, -0.05) is 19.8 Å². The van der Waals surface area contributed by atoms with E-state index in [1.54, 1.807) is 0 Å². The van der Waals surface area contributed by atoms with Crippen molar-refractivity contribution in [2.24, 2.45) is 0 Å². The summed E-state index contributed by atoms with van der Waals surface area (Å²) in [6.45, 7) is 7.27. The van der Waals surface area contributed by atoms with E-state index in [0.29, 0.717) is 0 Å². The van der Waals surface area contributed by atoms with E-state index in [1.165, 1.54) is 32.2 Å². The lowest BCUT2D eigenvalue weighted by atomic mass is 10.2. The Morgan fingerprint density at radius 3 is 1.54 bits per heavy atom. The van der Waals surface area contributed by atoms with Crippen molar-refractivity contribution in [3.8, 4) is 0 Å². The van der Waals surface area contributed by atoms with Crippen LogP contribution in [0.5, 0.6) is 0 Å². The minimum Gasteiger partial charge on any atom is -0.421 e. The van der Waals surface area contributed by atoms with Gasteiger partial charge in [0.2, 0.25) is 0 Å². The third-order valence-corrected chi connectivity index (χ3v) is 5.60. The number of sulfonamides is 2. The van der Waals surface area contributed by atoms with Crippen LogP contribution in [-0.2, 0) is 20.0 Å². The van der Waals surface area contributed by atoms with Crippen LogP contribution in [0.3, 0.4) is 0 Å². The molecule has 158 valence electrons. The summed E-state index contributed by atoms with van der Waals surface area (Å²) >= 11 is 0. The summed E-state index contributed by atoms with van der Waals surface area (Å²) in [6, 6.07) is 0. The molecule has 0 aromatic carbocycles. The van der Waals surface area contributed by atoms with Gasteiger partial charge in [0, 0.05) is 0 Å². The van der Waals surface area contributed by atoms with Crippen molar-refractivity contribution in [1.29, 1.82) is 0 Å². The molecule has 0 atom stereocenters. The molecular weight excluding hydrogens is 414 g/mol. The second-order valence-corrected chi connectivity index (χ2v) is 9.08. The summed E-state index contributed by atoms with van der Waals surface area (Å²) in [5, 5.41) is 0. The van der Waals surface area contributed by atoms with E-state index in [2.05, 4.69) is 27.6 Å². The Balaban J connectivity index is 0. The number of quaternary nitrogens is 1. The van der Waals surface area contributed by atoms with Crippen LogP contribution in [0.2, 0.25) is 0 Å². The Morgan fingerprint density at radius 2 is 1.27 bits per heavy atom. The van der Waals surface area contributed by atoms with E-state index >= 15 is 0 Å². The maximum absolute atomic E-state index is 11.4. The van der Waals surface area contributed by atoms with Crippen molar-refractivity contribution in [2.75, 3.05) is 20.6 Å². The topological polar surface area (TPSA) is 82.4 Å². The van der Waals surface area contributed by atoms with Gasteiger partial charge in [0.25, 0.3) is 0 Å². The van der Waals surface area contributed by atoms with Crippen molar-refractivity contribution in [2.45, 2.75) is 43.6 Å². The fourth-order valence-corrected chi connectivity index (χ4v) is 2.96. The molecule has 0 heterocycles. The Hall–Kier alpha value is -0.860. The van der Waals surface area contributed by atoms with Gasteiger partial charge in [0.15, 0.2) is 20.0 Å². The van der Waals surface area contributed by atoms with Gasteiger partial charge in [-0.25, -0.2) is 16.8 Å². The Labute approximate surface area is 149 Å². The maximum atomic E-state index is 11.4. The molecule has 0 bridgehead atoms. The SMILES string of the molecule is C=C[N+](C)(C)CCCCCC.O=S(=O)([N-]S(=O)(=O)C(F)(F)F)C(F)(F)F. The molecule has 0 saturated carbocycles. The molecule has 0 aromatic rings. The zero-order valence-corrected chi connectivity index (χ0v) is 16.1. The highest BCUT2D eigenvalue weighted by Gasteiger charge is 2.46. The average molecular weight is 436 g/mol. The lowest BCUT2D eigenvalue weighted by Crippen LogP contribution is -2.33. The number of rotatable bonds is 8. The summed E-state index contributed by atoms with van der Waals surface area (Å²) in [4.78, 5) is 0. The van der Waals surface area contributed by atoms with Gasteiger partial charge in [-0.2, -0.15) is 26.3 Å². The molecule has 6 nitrogen and oxygen atoms in total. The minimum atomic E-state index is -6.72. The molecule has 0 aromatic heterocycles. The molecule has 0 fully saturated rings. The first-order chi connectivity index (χ1) is 11.3. The highest BCUT2D eigenvalue weighted by molar-refractivity contribution is 8.13. The van der Waals surface area contributed by atoms with Crippen molar-refractivity contribution < 1.29 is 47.7 Å². The van der Waals surface area contributed by atoms with Crippen molar-refractivity contribution >= 4 is 20.0 Å². The number of halogens is 6. The molecule has 26 heavy (non-hydrogen) atoms. The largest absolute Gasteiger partial charge is 0.480 e. The number of hydrogen-bond donors (Lipinski definition) is 0. The Morgan fingerprint density at radius 1 is 0.885 bits per heavy atom. The lowest BCUT2D eigenvalue weighted by Gasteiger charge is -2.24. The molecule has 0 unspecified atom stereocenters. The smallest absolute Gasteiger partial charge is 0.421 e. The Bertz CT molecular complexity index is 598. The summed E-state index contributed by atoms with van der Waals surface area (Å²) in [5.74, 6) is 0. The Kier molecular flexibility index (Phi) is 10.4. The number of nitrogens with zero attached hydrogens (tertiary/aromatic N) is 2. The van der Waals surface area contributed by atoms with E-state index in [9.17, 15) is 43.2 Å². The standard InChI is InChI=1S/C10H22N.C2F6NO4S2/c1-5-7-8-9-10-11(3,4)6-2;3-1(4,5)14(10,11)9-15(12,13)2(6,7)8/h6H,2,5,7-10H2,1,3-4H3;/q+1;-1. The highest BCUT2D eigenvalue weighted by Crippen LogP contribution is 2.36. The second kappa shape index (κ2) is 9.90. The van der Waals surface area contributed by atoms with Gasteiger partial charge >= 0.3 is 11.0 Å². The van der Waals surface area contributed by atoms with Gasteiger partial charge < -0.3 is 8.61 Å². The summed E-state index contributed by atoms with van der Waals surface area (Å²) in [6.07, 6.45) is 7.39. The predicted molar refractivity (Wildman–Crippen MR) is 84.6 cm³/mol. The van der Waals surface area contributed by atoms with Crippen LogP contribution in [-0.4, -0.2) is 53.0 Å². The molecule has 14 heteroatoms. The van der Waals surface area contributed by atoms with Crippen LogP contribution in [0.4, 0.5) is 26.3 Å². The maximum Gasteiger partial charge on any atom is 0.480 e. The third kappa shape index (κ3) is 10.3. The van der Waals surface area contributed by atoms with Gasteiger partial charge in [0.1, 0.15) is 0 Å². The molecule has 0 spiro atoms. The fraction of sp³-hybridized carbons (Fsp3) is 0.833. The molecule has 0 aliphatic carbocycles. The summed E-state index contributed by atoms with van der Waals surface area (Å²) in [7, 11) is -9.06. The van der Waals surface area contributed by atoms with Gasteiger partial charge in [-0.05, 0) is 19.4 Å². The molecule has 0 saturated heterocycles. The van der Waals surface area contributed by atoms with E-state index in [4.69, 9.17) is 0 Å². The first-order valence-electron chi connectivity index (χ1n) is 7.16. The number of alkyl halides is 6. The van der Waals surface area contributed by atoms with E-state index in [0.717, 1.165) is 8.61 Å². The fourth-order valence-electron chi connectivity index (χ4n) is 1.25. The molecular formula is C12H22F6N2O4S2. The van der Waals surface area contributed by atoms with E-state index < -0.39 is 31.1 Å². The second-order valence-electron chi connectivity index (χ2n) is 5.66. The van der Waals surface area contributed by atoms with Crippen molar-refractivity contribution in [3.05, 3.63) is 16.9 Å². The van der Waals surface area contributed by atoms with Crippen LogP contribution < -0.4 is 0 Å².